The molecule has 2 aromatic carbocycles. The van der Waals surface area contributed by atoms with Crippen molar-refractivity contribution in [2.24, 2.45) is 0 Å². The Labute approximate surface area is 120 Å². The lowest BCUT2D eigenvalue weighted by Crippen LogP contribution is -2.29. The van der Waals surface area contributed by atoms with Crippen molar-refractivity contribution in [3.05, 3.63) is 42.5 Å². The van der Waals surface area contributed by atoms with Crippen molar-refractivity contribution in [2.45, 2.75) is 27.7 Å². The van der Waals surface area contributed by atoms with E-state index in [2.05, 4.69) is 0 Å². The number of rotatable bonds is 1. The zero-order valence-corrected chi connectivity index (χ0v) is 12.4. The predicted octanol–water partition coefficient (Wildman–Crippen LogP) is 3.32. The first kappa shape index (κ1) is 16.3. The van der Waals surface area contributed by atoms with Crippen LogP contribution in [0, 0.1) is 0 Å². The Balaban J connectivity index is 0.000000461. The lowest BCUT2D eigenvalue weighted by Gasteiger charge is -1.97. The van der Waals surface area contributed by atoms with E-state index in [1.54, 1.807) is 18.2 Å². The summed E-state index contributed by atoms with van der Waals surface area (Å²) in [6.07, 6.45) is 0. The van der Waals surface area contributed by atoms with E-state index in [9.17, 15) is 0 Å². The second kappa shape index (κ2) is 7.73. The molecular weight excluding hydrogens is 251 g/mol. The fourth-order valence-corrected chi connectivity index (χ4v) is 1.90. The van der Waals surface area contributed by atoms with Crippen LogP contribution in [0.3, 0.4) is 0 Å². The largest absolute Gasteiger partial charge is 0.488 e. The molecule has 3 rings (SSSR count). The average Bonchev–Trinajstić information content (AvgIpc) is 2.89. The van der Waals surface area contributed by atoms with Gasteiger partial charge in [-0.25, -0.2) is 0 Å². The molecule has 0 radical (unpaired) electrons. The van der Waals surface area contributed by atoms with Crippen molar-refractivity contribution >= 4 is 34.5 Å². The lowest BCUT2D eigenvalue weighted by molar-refractivity contribution is 0.426. The first-order valence-corrected chi connectivity index (χ1v) is 7.03. The number of para-hydroxylation sites is 1. The highest BCUT2D eigenvalue weighted by molar-refractivity contribution is 6.59. The van der Waals surface area contributed by atoms with Gasteiger partial charge in [0.15, 0.2) is 0 Å². The van der Waals surface area contributed by atoms with Crippen molar-refractivity contribution in [1.82, 2.24) is 0 Å². The van der Waals surface area contributed by atoms with Crippen LogP contribution >= 0.6 is 0 Å². The smallest absolute Gasteiger partial charge is 0.456 e. The van der Waals surface area contributed by atoms with Crippen LogP contribution in [0.5, 0.6) is 0 Å². The van der Waals surface area contributed by atoms with Crippen LogP contribution in [0.25, 0.3) is 21.9 Å². The first-order valence-electron chi connectivity index (χ1n) is 7.03. The van der Waals surface area contributed by atoms with Crippen LogP contribution in [0.15, 0.2) is 46.9 Å². The molecule has 0 aliphatic heterocycles. The van der Waals surface area contributed by atoms with Crippen LogP contribution in [-0.2, 0) is 0 Å². The third-order valence-electron chi connectivity index (χ3n) is 2.70. The summed E-state index contributed by atoms with van der Waals surface area (Å²) in [5.74, 6) is 0. The number of furan rings is 1. The van der Waals surface area contributed by atoms with Crippen LogP contribution in [0.4, 0.5) is 0 Å². The van der Waals surface area contributed by atoms with Gasteiger partial charge < -0.3 is 14.5 Å². The second-order valence-electron chi connectivity index (χ2n) is 3.73. The first-order chi connectivity index (χ1) is 9.75. The van der Waals surface area contributed by atoms with Gasteiger partial charge in [-0.05, 0) is 17.6 Å². The zero-order valence-electron chi connectivity index (χ0n) is 12.4. The Morgan fingerprint density at radius 2 is 1.40 bits per heavy atom. The summed E-state index contributed by atoms with van der Waals surface area (Å²) in [6, 6.07) is 12.8. The fourth-order valence-electron chi connectivity index (χ4n) is 1.90. The Morgan fingerprint density at radius 3 is 2.05 bits per heavy atom. The molecule has 1 heterocycles. The molecule has 0 saturated heterocycles. The molecule has 0 bridgehead atoms. The SMILES string of the molecule is CC.CC.OB(O)c1ccc2oc3ccccc3c2c1. The number of fused-ring (bicyclic) bond motifs is 3. The molecule has 2 N–H and O–H groups in total. The van der Waals surface area contributed by atoms with E-state index in [1.807, 2.05) is 52.0 Å². The molecule has 0 saturated carbocycles. The van der Waals surface area contributed by atoms with Gasteiger partial charge in [0, 0.05) is 10.8 Å². The van der Waals surface area contributed by atoms with Gasteiger partial charge in [0.2, 0.25) is 0 Å². The highest BCUT2D eigenvalue weighted by Gasteiger charge is 2.13. The van der Waals surface area contributed by atoms with Crippen LogP contribution in [-0.4, -0.2) is 17.2 Å². The van der Waals surface area contributed by atoms with Gasteiger partial charge in [-0.1, -0.05) is 58.0 Å². The molecule has 0 atom stereocenters. The summed E-state index contributed by atoms with van der Waals surface area (Å²) in [7, 11) is -1.45. The number of benzene rings is 2. The van der Waals surface area contributed by atoms with E-state index in [0.29, 0.717) is 5.46 Å². The van der Waals surface area contributed by atoms with Gasteiger partial charge in [-0.3, -0.25) is 0 Å². The standard InChI is InChI=1S/C12H9BO3.2C2H6/c14-13(15)8-5-6-12-10(7-8)9-3-1-2-4-11(9)16-12;2*1-2/h1-7,14-15H;2*1-2H3. The van der Waals surface area contributed by atoms with Crippen molar-refractivity contribution in [3.8, 4) is 0 Å². The van der Waals surface area contributed by atoms with Crippen molar-refractivity contribution < 1.29 is 14.5 Å². The fraction of sp³-hybridized carbons (Fsp3) is 0.250. The Bertz CT molecular complexity index is 659. The normalized spacial score (nSPS) is 9.50. The lowest BCUT2D eigenvalue weighted by atomic mass is 9.80. The number of hydrogen-bond acceptors (Lipinski definition) is 3. The van der Waals surface area contributed by atoms with E-state index in [4.69, 9.17) is 14.5 Å². The summed E-state index contributed by atoms with van der Waals surface area (Å²) >= 11 is 0. The van der Waals surface area contributed by atoms with Gasteiger partial charge >= 0.3 is 7.12 Å². The molecule has 0 spiro atoms. The second-order valence-corrected chi connectivity index (χ2v) is 3.73. The van der Waals surface area contributed by atoms with Gasteiger partial charge in [-0.2, -0.15) is 0 Å². The summed E-state index contributed by atoms with van der Waals surface area (Å²) < 4.78 is 5.62. The topological polar surface area (TPSA) is 53.6 Å². The predicted molar refractivity (Wildman–Crippen MR) is 86.2 cm³/mol. The minimum Gasteiger partial charge on any atom is -0.456 e. The number of hydrogen-bond donors (Lipinski definition) is 2. The van der Waals surface area contributed by atoms with Gasteiger partial charge in [0.05, 0.1) is 0 Å². The Hall–Kier alpha value is -1.78. The molecule has 1 aromatic heterocycles. The molecule has 0 amide bonds. The van der Waals surface area contributed by atoms with E-state index in [1.165, 1.54) is 0 Å². The van der Waals surface area contributed by atoms with Crippen LogP contribution in [0.2, 0.25) is 0 Å². The monoisotopic (exact) mass is 272 g/mol. The minimum absolute atomic E-state index is 0.471. The molecule has 3 aromatic rings. The maximum atomic E-state index is 9.12. The van der Waals surface area contributed by atoms with Crippen LogP contribution in [0.1, 0.15) is 27.7 Å². The summed E-state index contributed by atoms with van der Waals surface area (Å²) in [6.45, 7) is 8.00. The van der Waals surface area contributed by atoms with Gasteiger partial charge in [-0.15, -0.1) is 0 Å². The summed E-state index contributed by atoms with van der Waals surface area (Å²) in [5.41, 5.74) is 2.03. The molecule has 106 valence electrons. The van der Waals surface area contributed by atoms with E-state index >= 15 is 0 Å². The summed E-state index contributed by atoms with van der Waals surface area (Å²) in [5, 5.41) is 20.1. The van der Waals surface area contributed by atoms with E-state index in [0.717, 1.165) is 21.9 Å². The van der Waals surface area contributed by atoms with Gasteiger partial charge in [0.1, 0.15) is 11.2 Å². The van der Waals surface area contributed by atoms with Gasteiger partial charge in [0.25, 0.3) is 0 Å². The Kier molecular flexibility index (Phi) is 6.29. The molecule has 4 heteroatoms. The Morgan fingerprint density at radius 1 is 0.800 bits per heavy atom. The zero-order chi connectivity index (χ0) is 15.1. The van der Waals surface area contributed by atoms with E-state index < -0.39 is 7.12 Å². The molecule has 20 heavy (non-hydrogen) atoms. The van der Waals surface area contributed by atoms with Crippen molar-refractivity contribution in [2.75, 3.05) is 0 Å². The van der Waals surface area contributed by atoms with E-state index in [-0.39, 0.29) is 0 Å². The highest BCUT2D eigenvalue weighted by atomic mass is 16.4. The van der Waals surface area contributed by atoms with Crippen LogP contribution < -0.4 is 5.46 Å². The minimum atomic E-state index is -1.45. The molecule has 0 aliphatic carbocycles. The molecular formula is C16H21BO3. The molecule has 0 fully saturated rings. The average molecular weight is 272 g/mol. The molecule has 3 nitrogen and oxygen atoms in total. The maximum Gasteiger partial charge on any atom is 0.488 e. The van der Waals surface area contributed by atoms with Crippen molar-refractivity contribution in [1.29, 1.82) is 0 Å². The quantitative estimate of drug-likeness (QED) is 0.668. The molecule has 0 aliphatic rings. The third kappa shape index (κ3) is 3.21. The molecule has 0 unspecified atom stereocenters. The summed E-state index contributed by atoms with van der Waals surface area (Å²) in [4.78, 5) is 0. The maximum absolute atomic E-state index is 9.12. The highest BCUT2D eigenvalue weighted by Crippen LogP contribution is 2.27. The van der Waals surface area contributed by atoms with Crippen molar-refractivity contribution in [3.63, 3.8) is 0 Å². The third-order valence-corrected chi connectivity index (χ3v) is 2.70.